The van der Waals surface area contributed by atoms with Gasteiger partial charge < -0.3 is 4.57 Å². The molecule has 47 heavy (non-hydrogen) atoms. The van der Waals surface area contributed by atoms with Crippen LogP contribution < -0.4 is 0 Å². The molecule has 0 unspecified atom stereocenters. The van der Waals surface area contributed by atoms with Gasteiger partial charge in [0.25, 0.3) is 0 Å². The molecule has 220 valence electrons. The van der Waals surface area contributed by atoms with Crippen molar-refractivity contribution in [2.45, 2.75) is 0 Å². The van der Waals surface area contributed by atoms with Crippen LogP contribution >= 0.6 is 11.3 Å². The van der Waals surface area contributed by atoms with Gasteiger partial charge in [0.15, 0.2) is 11.6 Å². The highest BCUT2D eigenvalue weighted by Gasteiger charge is 2.26. The summed E-state index contributed by atoms with van der Waals surface area (Å²) in [6.45, 7) is 0. The van der Waals surface area contributed by atoms with Crippen LogP contribution in [0.5, 0.6) is 0 Å². The topological polar surface area (TPSA) is 48.5 Å². The maximum absolute atomic E-state index is 5.15. The molecule has 6 aromatic carbocycles. The molecule has 5 nitrogen and oxygen atoms in total. The molecule has 0 fully saturated rings. The smallest absolute Gasteiger partial charge is 0.239 e. The lowest BCUT2D eigenvalue weighted by molar-refractivity contribution is 0.957. The van der Waals surface area contributed by atoms with E-state index in [1.54, 1.807) is 11.3 Å². The standard InChI is InChI=1S/C41H25N5S/c1-4-15-27(16-5-1)37-42-38(28-17-6-2-7-18-28)44-41(43-37)46-33-23-13-12-22-31(33)34-35-32-25-24-26-14-10-11-21-30(26)36(32)45(39(35)47-40(34)46)29-19-8-3-9-20-29/h1-25H. The summed E-state index contributed by atoms with van der Waals surface area (Å²) in [7, 11) is 0. The predicted octanol–water partition coefficient (Wildman–Crippen LogP) is 10.6. The lowest BCUT2D eigenvalue weighted by Gasteiger charge is -2.11. The molecular formula is C41H25N5S. The zero-order chi connectivity index (χ0) is 30.9. The van der Waals surface area contributed by atoms with Crippen molar-refractivity contribution in [3.8, 4) is 34.4 Å². The zero-order valence-corrected chi connectivity index (χ0v) is 25.9. The normalized spacial score (nSPS) is 11.8. The number of hydrogen-bond donors (Lipinski definition) is 0. The van der Waals surface area contributed by atoms with Gasteiger partial charge in [0, 0.05) is 43.7 Å². The Morgan fingerprint density at radius 3 is 1.68 bits per heavy atom. The maximum atomic E-state index is 5.15. The third-order valence-corrected chi connectivity index (χ3v) is 10.1. The summed E-state index contributed by atoms with van der Waals surface area (Å²) in [4.78, 5) is 17.6. The second-order valence-electron chi connectivity index (χ2n) is 11.7. The monoisotopic (exact) mass is 619 g/mol. The number of aromatic nitrogens is 5. The second kappa shape index (κ2) is 10.2. The quantitative estimate of drug-likeness (QED) is 0.197. The minimum absolute atomic E-state index is 0.605. The lowest BCUT2D eigenvalue weighted by atomic mass is 10.0. The van der Waals surface area contributed by atoms with Gasteiger partial charge >= 0.3 is 0 Å². The van der Waals surface area contributed by atoms with E-state index in [1.807, 2.05) is 36.4 Å². The van der Waals surface area contributed by atoms with Crippen molar-refractivity contribution >= 4 is 64.3 Å². The van der Waals surface area contributed by atoms with Gasteiger partial charge in [-0.25, -0.2) is 4.98 Å². The Morgan fingerprint density at radius 1 is 0.426 bits per heavy atom. The maximum Gasteiger partial charge on any atom is 0.239 e. The van der Waals surface area contributed by atoms with E-state index in [0.29, 0.717) is 17.6 Å². The van der Waals surface area contributed by atoms with Gasteiger partial charge in [0.1, 0.15) is 9.66 Å². The van der Waals surface area contributed by atoms with Gasteiger partial charge in [0.05, 0.1) is 11.0 Å². The number of benzene rings is 6. The van der Waals surface area contributed by atoms with Crippen LogP contribution in [0.25, 0.3) is 87.4 Å². The molecule has 0 radical (unpaired) electrons. The zero-order valence-electron chi connectivity index (χ0n) is 25.1. The molecule has 10 aromatic rings. The van der Waals surface area contributed by atoms with Crippen LogP contribution in [0.2, 0.25) is 0 Å². The number of thiophene rings is 1. The van der Waals surface area contributed by atoms with E-state index < -0.39 is 0 Å². The van der Waals surface area contributed by atoms with Gasteiger partial charge in [-0.1, -0.05) is 145 Å². The Hall–Kier alpha value is -6.11. The molecule has 0 aliphatic heterocycles. The van der Waals surface area contributed by atoms with E-state index in [0.717, 1.165) is 27.2 Å². The molecule has 0 saturated carbocycles. The first-order chi connectivity index (χ1) is 23.3. The molecule has 6 heteroatoms. The van der Waals surface area contributed by atoms with Crippen molar-refractivity contribution in [2.24, 2.45) is 0 Å². The minimum Gasteiger partial charge on any atom is -0.300 e. The van der Waals surface area contributed by atoms with Crippen molar-refractivity contribution in [2.75, 3.05) is 0 Å². The number of nitrogens with zero attached hydrogens (tertiary/aromatic N) is 5. The predicted molar refractivity (Wildman–Crippen MR) is 195 cm³/mol. The fourth-order valence-electron chi connectivity index (χ4n) is 6.93. The van der Waals surface area contributed by atoms with Gasteiger partial charge in [-0.05, 0) is 23.6 Å². The van der Waals surface area contributed by atoms with Gasteiger partial charge in [-0.3, -0.25) is 4.57 Å². The Bertz CT molecular complexity index is 2720. The first-order valence-corrected chi connectivity index (χ1v) is 16.5. The first kappa shape index (κ1) is 26.1. The molecule has 0 saturated heterocycles. The average Bonchev–Trinajstić information content (AvgIpc) is 3.78. The van der Waals surface area contributed by atoms with Crippen LogP contribution in [0.3, 0.4) is 0 Å². The van der Waals surface area contributed by atoms with Gasteiger partial charge in [-0.2, -0.15) is 9.97 Å². The number of fused-ring (bicyclic) bond motifs is 9. The largest absolute Gasteiger partial charge is 0.300 e. The molecule has 4 heterocycles. The summed E-state index contributed by atoms with van der Waals surface area (Å²) in [5.41, 5.74) is 5.34. The molecular weight excluding hydrogens is 595 g/mol. The van der Waals surface area contributed by atoms with Crippen LogP contribution in [-0.4, -0.2) is 24.1 Å². The third kappa shape index (κ3) is 3.92. The van der Waals surface area contributed by atoms with E-state index in [2.05, 4.69) is 124 Å². The number of para-hydroxylation sites is 2. The van der Waals surface area contributed by atoms with E-state index in [1.165, 1.54) is 42.7 Å². The summed E-state index contributed by atoms with van der Waals surface area (Å²) >= 11 is 1.79. The first-order valence-electron chi connectivity index (χ1n) is 15.6. The molecule has 4 aromatic heterocycles. The SMILES string of the molecule is c1ccc(-c2nc(-c3ccccc3)nc(-n3c4ccccc4c4c5c6ccc7ccccc7c6n(-c6ccccc6)c5sc43)n2)cc1. The molecule has 0 spiro atoms. The Kier molecular flexibility index (Phi) is 5.68. The van der Waals surface area contributed by atoms with Crippen LogP contribution in [0, 0.1) is 0 Å². The molecule has 10 rings (SSSR count). The lowest BCUT2D eigenvalue weighted by Crippen LogP contribution is -2.06. The van der Waals surface area contributed by atoms with Crippen LogP contribution in [0.4, 0.5) is 0 Å². The fraction of sp³-hybridized carbons (Fsp3) is 0. The molecule has 0 N–H and O–H groups in total. The van der Waals surface area contributed by atoms with Crippen LogP contribution in [-0.2, 0) is 0 Å². The van der Waals surface area contributed by atoms with Crippen LogP contribution in [0.15, 0.2) is 152 Å². The summed E-state index contributed by atoms with van der Waals surface area (Å²) in [6.07, 6.45) is 0. The Morgan fingerprint density at radius 2 is 0.979 bits per heavy atom. The van der Waals surface area contributed by atoms with E-state index in [4.69, 9.17) is 15.0 Å². The summed E-state index contributed by atoms with van der Waals surface area (Å²) < 4.78 is 4.67. The number of rotatable bonds is 4. The minimum atomic E-state index is 0.605. The highest BCUT2D eigenvalue weighted by Crippen LogP contribution is 2.48. The van der Waals surface area contributed by atoms with Gasteiger partial charge in [-0.15, -0.1) is 0 Å². The molecule has 0 aliphatic rings. The van der Waals surface area contributed by atoms with E-state index in [-0.39, 0.29) is 0 Å². The third-order valence-electron chi connectivity index (χ3n) is 8.99. The summed E-state index contributed by atoms with van der Waals surface area (Å²) in [5.74, 6) is 1.90. The van der Waals surface area contributed by atoms with Gasteiger partial charge in [0.2, 0.25) is 5.95 Å². The van der Waals surface area contributed by atoms with Crippen molar-refractivity contribution in [3.05, 3.63) is 152 Å². The van der Waals surface area contributed by atoms with Crippen molar-refractivity contribution < 1.29 is 0 Å². The van der Waals surface area contributed by atoms with E-state index >= 15 is 0 Å². The summed E-state index contributed by atoms with van der Waals surface area (Å²) in [6, 6.07) is 52.9. The molecule has 0 aliphatic carbocycles. The van der Waals surface area contributed by atoms with E-state index in [9.17, 15) is 0 Å². The van der Waals surface area contributed by atoms with Crippen LogP contribution in [0.1, 0.15) is 0 Å². The average molecular weight is 620 g/mol. The van der Waals surface area contributed by atoms with Crippen molar-refractivity contribution in [1.29, 1.82) is 0 Å². The highest BCUT2D eigenvalue weighted by atomic mass is 32.1. The Labute approximate surface area is 273 Å². The molecule has 0 atom stereocenters. The Balaban J connectivity index is 1.36. The van der Waals surface area contributed by atoms with Crippen molar-refractivity contribution in [3.63, 3.8) is 0 Å². The second-order valence-corrected chi connectivity index (χ2v) is 12.7. The fourth-order valence-corrected chi connectivity index (χ4v) is 8.30. The number of hydrogen-bond acceptors (Lipinski definition) is 4. The molecule has 0 bridgehead atoms. The molecule has 0 amide bonds. The summed E-state index contributed by atoms with van der Waals surface area (Å²) in [5, 5.41) is 7.36. The highest BCUT2D eigenvalue weighted by molar-refractivity contribution is 7.25. The van der Waals surface area contributed by atoms with Crippen molar-refractivity contribution in [1.82, 2.24) is 24.1 Å².